The van der Waals surface area contributed by atoms with E-state index >= 15 is 0 Å². The maximum atomic E-state index is 13.5. The molecule has 1 unspecified atom stereocenters. The first kappa shape index (κ1) is 14.1. The second-order valence-electron chi connectivity index (χ2n) is 4.84. The molecule has 1 aliphatic rings. The van der Waals surface area contributed by atoms with Crippen LogP contribution in [0.2, 0.25) is 0 Å². The molecule has 0 aliphatic heterocycles. The van der Waals surface area contributed by atoms with Crippen LogP contribution in [0.4, 0.5) is 17.6 Å². The van der Waals surface area contributed by atoms with Gasteiger partial charge in [0.2, 0.25) is 0 Å². The van der Waals surface area contributed by atoms with Crippen LogP contribution in [0.25, 0.3) is 0 Å². The highest BCUT2D eigenvalue weighted by Gasteiger charge is 2.63. The number of halogens is 4. The fraction of sp³-hybridized carbons (Fsp3) is 0.538. The van der Waals surface area contributed by atoms with Crippen LogP contribution in [-0.4, -0.2) is 18.8 Å². The third-order valence-corrected chi connectivity index (χ3v) is 3.46. The summed E-state index contributed by atoms with van der Waals surface area (Å²) in [5, 5.41) is 2.56. The van der Waals surface area contributed by atoms with Crippen molar-refractivity contribution in [1.82, 2.24) is 5.32 Å². The summed E-state index contributed by atoms with van der Waals surface area (Å²) in [5.74, 6) is -0.501. The topological polar surface area (TPSA) is 21.3 Å². The average molecular weight is 277 g/mol. The predicted molar refractivity (Wildman–Crippen MR) is 62.5 cm³/mol. The fourth-order valence-electron chi connectivity index (χ4n) is 2.08. The van der Waals surface area contributed by atoms with Crippen LogP contribution in [0.3, 0.4) is 0 Å². The zero-order valence-corrected chi connectivity index (χ0v) is 10.6. The smallest absolute Gasteiger partial charge is 0.406 e. The second-order valence-corrected chi connectivity index (χ2v) is 4.84. The first-order valence-electron chi connectivity index (χ1n) is 5.97. The van der Waals surface area contributed by atoms with Crippen molar-refractivity contribution < 1.29 is 22.3 Å². The van der Waals surface area contributed by atoms with Gasteiger partial charge >= 0.3 is 6.18 Å². The Kier molecular flexibility index (Phi) is 3.47. The molecule has 1 aliphatic carbocycles. The Morgan fingerprint density at radius 3 is 2.37 bits per heavy atom. The van der Waals surface area contributed by atoms with E-state index in [-0.39, 0.29) is 18.6 Å². The number of nitrogens with one attached hydrogen (secondary N) is 1. The molecule has 1 aromatic carbocycles. The van der Waals surface area contributed by atoms with Gasteiger partial charge in [-0.1, -0.05) is 6.07 Å². The fourth-order valence-corrected chi connectivity index (χ4v) is 2.08. The van der Waals surface area contributed by atoms with E-state index in [1.165, 1.54) is 19.2 Å². The molecule has 6 heteroatoms. The van der Waals surface area contributed by atoms with Gasteiger partial charge in [0, 0.05) is 6.04 Å². The summed E-state index contributed by atoms with van der Waals surface area (Å²) >= 11 is 0. The minimum Gasteiger partial charge on any atom is -0.494 e. The molecule has 0 aromatic heterocycles. The Balaban J connectivity index is 2.13. The molecule has 106 valence electrons. The Morgan fingerprint density at radius 1 is 1.32 bits per heavy atom. The van der Waals surface area contributed by atoms with Crippen LogP contribution < -0.4 is 10.1 Å². The van der Waals surface area contributed by atoms with Gasteiger partial charge in [-0.25, -0.2) is 4.39 Å². The molecule has 1 N–H and O–H groups in total. The highest BCUT2D eigenvalue weighted by atomic mass is 19.4. The highest BCUT2D eigenvalue weighted by Crippen LogP contribution is 2.50. The summed E-state index contributed by atoms with van der Waals surface area (Å²) in [4.78, 5) is 0. The maximum absolute atomic E-state index is 13.5. The minimum absolute atomic E-state index is 0.0689. The lowest BCUT2D eigenvalue weighted by molar-refractivity contribution is -0.167. The van der Waals surface area contributed by atoms with Crippen LogP contribution in [-0.2, 0) is 0 Å². The number of rotatable bonds is 4. The zero-order chi connectivity index (χ0) is 14.3. The summed E-state index contributed by atoms with van der Waals surface area (Å²) in [5.41, 5.74) is -1.34. The molecule has 1 atom stereocenters. The van der Waals surface area contributed by atoms with Gasteiger partial charge < -0.3 is 4.74 Å². The third kappa shape index (κ3) is 2.68. The molecule has 0 heterocycles. The first-order chi connectivity index (χ1) is 8.79. The van der Waals surface area contributed by atoms with Crippen molar-refractivity contribution in [3.05, 3.63) is 29.6 Å². The number of methoxy groups -OCH3 is 1. The van der Waals surface area contributed by atoms with Crippen molar-refractivity contribution in [3.8, 4) is 5.75 Å². The molecular formula is C13H15F4NO. The zero-order valence-electron chi connectivity index (χ0n) is 10.6. The molecule has 2 rings (SSSR count). The molecule has 1 fully saturated rings. The van der Waals surface area contributed by atoms with Crippen molar-refractivity contribution >= 4 is 0 Å². The lowest BCUT2D eigenvalue weighted by Gasteiger charge is -2.25. The van der Waals surface area contributed by atoms with Gasteiger partial charge in [-0.3, -0.25) is 5.32 Å². The van der Waals surface area contributed by atoms with Gasteiger partial charge in [0.1, 0.15) is 5.54 Å². The number of hydrogen-bond donors (Lipinski definition) is 1. The molecule has 19 heavy (non-hydrogen) atoms. The van der Waals surface area contributed by atoms with Gasteiger partial charge in [-0.2, -0.15) is 13.2 Å². The molecule has 1 aromatic rings. The summed E-state index contributed by atoms with van der Waals surface area (Å²) in [6, 6.07) is 3.59. The largest absolute Gasteiger partial charge is 0.494 e. The van der Waals surface area contributed by atoms with Gasteiger partial charge in [0.15, 0.2) is 11.6 Å². The average Bonchev–Trinajstić information content (AvgIpc) is 3.09. The van der Waals surface area contributed by atoms with Gasteiger partial charge in [-0.15, -0.1) is 0 Å². The van der Waals surface area contributed by atoms with Crippen molar-refractivity contribution in [2.24, 2.45) is 0 Å². The van der Waals surface area contributed by atoms with Crippen molar-refractivity contribution in [3.63, 3.8) is 0 Å². The van der Waals surface area contributed by atoms with Crippen molar-refractivity contribution in [2.75, 3.05) is 7.11 Å². The number of benzene rings is 1. The van der Waals surface area contributed by atoms with E-state index in [9.17, 15) is 17.6 Å². The monoisotopic (exact) mass is 277 g/mol. The van der Waals surface area contributed by atoms with Crippen LogP contribution in [0.1, 0.15) is 31.4 Å². The third-order valence-electron chi connectivity index (χ3n) is 3.46. The van der Waals surface area contributed by atoms with Crippen molar-refractivity contribution in [2.45, 2.75) is 37.5 Å². The predicted octanol–water partition coefficient (Wildman–Crippen LogP) is 3.58. The molecule has 0 bridgehead atoms. The molecule has 0 spiro atoms. The first-order valence-corrected chi connectivity index (χ1v) is 5.97. The van der Waals surface area contributed by atoms with E-state index in [0.717, 1.165) is 0 Å². The summed E-state index contributed by atoms with van der Waals surface area (Å²) < 4.78 is 56.7. The normalized spacial score (nSPS) is 19.1. The van der Waals surface area contributed by atoms with E-state index in [1.54, 1.807) is 13.0 Å². The van der Waals surface area contributed by atoms with Crippen LogP contribution >= 0.6 is 0 Å². The van der Waals surface area contributed by atoms with E-state index in [0.29, 0.717) is 5.56 Å². The molecule has 0 radical (unpaired) electrons. The van der Waals surface area contributed by atoms with E-state index < -0.39 is 23.6 Å². The van der Waals surface area contributed by atoms with E-state index in [2.05, 4.69) is 5.32 Å². The highest BCUT2D eigenvalue weighted by molar-refractivity contribution is 5.31. The van der Waals surface area contributed by atoms with E-state index in [4.69, 9.17) is 4.74 Å². The standard InChI is InChI=1S/C13H15F4NO/c1-8(18-12(5-6-12)13(15,16)17)9-3-4-11(19-2)10(14)7-9/h3-4,7-8,18H,5-6H2,1-2H3. The van der Waals surface area contributed by atoms with Gasteiger partial charge in [0.05, 0.1) is 7.11 Å². The van der Waals surface area contributed by atoms with Crippen LogP contribution in [0.15, 0.2) is 18.2 Å². The summed E-state index contributed by atoms with van der Waals surface area (Å²) in [6.07, 6.45) is -4.13. The lowest BCUT2D eigenvalue weighted by atomic mass is 10.1. The molecule has 2 nitrogen and oxygen atoms in total. The molecular weight excluding hydrogens is 262 g/mol. The number of hydrogen-bond acceptors (Lipinski definition) is 2. The van der Waals surface area contributed by atoms with Gasteiger partial charge in [-0.05, 0) is 37.5 Å². The quantitative estimate of drug-likeness (QED) is 0.849. The molecule has 0 amide bonds. The molecule has 0 saturated heterocycles. The number of alkyl halides is 3. The number of ether oxygens (including phenoxy) is 1. The summed E-state index contributed by atoms with van der Waals surface area (Å²) in [6.45, 7) is 1.59. The lowest BCUT2D eigenvalue weighted by Crippen LogP contribution is -2.45. The Morgan fingerprint density at radius 2 is 1.95 bits per heavy atom. The maximum Gasteiger partial charge on any atom is 0.406 e. The molecule has 1 saturated carbocycles. The van der Waals surface area contributed by atoms with Crippen LogP contribution in [0, 0.1) is 5.82 Å². The summed E-state index contributed by atoms with van der Waals surface area (Å²) in [7, 11) is 1.34. The van der Waals surface area contributed by atoms with E-state index in [1.807, 2.05) is 0 Å². The van der Waals surface area contributed by atoms with Crippen LogP contribution in [0.5, 0.6) is 5.75 Å². The Hall–Kier alpha value is -1.30. The Labute approximate surface area is 108 Å². The SMILES string of the molecule is COc1ccc(C(C)NC2(C(F)(F)F)CC2)cc1F. The van der Waals surface area contributed by atoms with Gasteiger partial charge in [0.25, 0.3) is 0 Å². The van der Waals surface area contributed by atoms with Crippen molar-refractivity contribution in [1.29, 1.82) is 0 Å². The Bertz CT molecular complexity index is 468. The second kappa shape index (κ2) is 4.67. The minimum atomic E-state index is -4.27.